The van der Waals surface area contributed by atoms with Crippen molar-refractivity contribution in [1.82, 2.24) is 9.03 Å². The van der Waals surface area contributed by atoms with Gasteiger partial charge < -0.3 is 5.11 Å². The van der Waals surface area contributed by atoms with E-state index in [2.05, 4.69) is 4.72 Å². The minimum Gasteiger partial charge on any atom is -0.481 e. The molecule has 0 saturated heterocycles. The molecule has 0 heterocycles. The van der Waals surface area contributed by atoms with Crippen LogP contribution in [0.15, 0.2) is 0 Å². The van der Waals surface area contributed by atoms with Crippen LogP contribution in [0.1, 0.15) is 41.0 Å². The molecule has 0 rings (SSSR count). The molecule has 2 N–H and O–H groups in total. The smallest absolute Gasteiger partial charge is 0.304 e. The van der Waals surface area contributed by atoms with Crippen LogP contribution in [0.4, 0.5) is 0 Å². The van der Waals surface area contributed by atoms with Gasteiger partial charge in [-0.3, -0.25) is 4.79 Å². The Morgan fingerprint density at radius 1 is 1.35 bits per heavy atom. The van der Waals surface area contributed by atoms with Crippen molar-refractivity contribution < 1.29 is 18.3 Å². The SMILES string of the molecule is CC(C)NS(=O)(=O)N(CCC(=O)O)C(C)(C)C. The molecule has 0 aromatic rings. The standard InChI is InChI=1S/C10H22N2O4S/c1-8(2)11-17(15,16)12(10(3,4)5)7-6-9(13)14/h8,11H,6-7H2,1-5H3,(H,13,14). The Labute approximate surface area is 103 Å². The van der Waals surface area contributed by atoms with Gasteiger partial charge >= 0.3 is 5.97 Å². The molecule has 0 radical (unpaired) electrons. The van der Waals surface area contributed by atoms with E-state index in [-0.39, 0.29) is 19.0 Å². The monoisotopic (exact) mass is 266 g/mol. The van der Waals surface area contributed by atoms with Crippen molar-refractivity contribution in [3.63, 3.8) is 0 Å². The number of carboxylic acid groups (broad SMARTS) is 1. The lowest BCUT2D eigenvalue weighted by Crippen LogP contribution is -2.52. The van der Waals surface area contributed by atoms with Gasteiger partial charge in [0.1, 0.15) is 0 Å². The van der Waals surface area contributed by atoms with E-state index in [0.29, 0.717) is 0 Å². The molecular weight excluding hydrogens is 244 g/mol. The molecular formula is C10H22N2O4S. The van der Waals surface area contributed by atoms with Crippen molar-refractivity contribution in [2.75, 3.05) is 6.54 Å². The van der Waals surface area contributed by atoms with Crippen molar-refractivity contribution in [3.8, 4) is 0 Å². The topological polar surface area (TPSA) is 86.7 Å². The molecule has 0 amide bonds. The first-order valence-electron chi connectivity index (χ1n) is 5.48. The minimum atomic E-state index is -3.66. The number of hydrogen-bond acceptors (Lipinski definition) is 3. The second-order valence-electron chi connectivity index (χ2n) is 5.16. The maximum absolute atomic E-state index is 12.0. The van der Waals surface area contributed by atoms with Crippen molar-refractivity contribution in [2.45, 2.75) is 52.6 Å². The van der Waals surface area contributed by atoms with Gasteiger partial charge in [0.25, 0.3) is 10.2 Å². The Hall–Kier alpha value is -0.660. The van der Waals surface area contributed by atoms with Gasteiger partial charge in [-0.25, -0.2) is 0 Å². The van der Waals surface area contributed by atoms with Crippen LogP contribution >= 0.6 is 0 Å². The lowest BCUT2D eigenvalue weighted by molar-refractivity contribution is -0.137. The van der Waals surface area contributed by atoms with Crippen LogP contribution in [0.5, 0.6) is 0 Å². The van der Waals surface area contributed by atoms with Gasteiger partial charge in [0, 0.05) is 18.1 Å². The van der Waals surface area contributed by atoms with Gasteiger partial charge in [-0.1, -0.05) is 0 Å². The highest BCUT2D eigenvalue weighted by atomic mass is 32.2. The lowest BCUT2D eigenvalue weighted by atomic mass is 10.1. The molecule has 0 aromatic carbocycles. The average Bonchev–Trinajstić information content (AvgIpc) is 1.96. The van der Waals surface area contributed by atoms with E-state index in [9.17, 15) is 13.2 Å². The summed E-state index contributed by atoms with van der Waals surface area (Å²) in [5.74, 6) is -1.01. The summed E-state index contributed by atoms with van der Waals surface area (Å²) in [6.45, 7) is 8.59. The number of aliphatic carboxylic acids is 1. The number of carboxylic acids is 1. The normalized spacial score (nSPS) is 13.4. The summed E-state index contributed by atoms with van der Waals surface area (Å²) in [5, 5.41) is 8.63. The number of hydrogen-bond donors (Lipinski definition) is 2. The first kappa shape index (κ1) is 16.3. The van der Waals surface area contributed by atoms with E-state index in [1.54, 1.807) is 34.6 Å². The van der Waals surface area contributed by atoms with Crippen LogP contribution in [0, 0.1) is 0 Å². The zero-order valence-corrected chi connectivity index (χ0v) is 11.8. The molecule has 17 heavy (non-hydrogen) atoms. The molecule has 7 heteroatoms. The van der Waals surface area contributed by atoms with Gasteiger partial charge in [-0.2, -0.15) is 17.4 Å². The first-order chi connectivity index (χ1) is 7.47. The molecule has 102 valence electrons. The molecule has 0 aliphatic heterocycles. The highest BCUT2D eigenvalue weighted by molar-refractivity contribution is 7.87. The fourth-order valence-corrected chi connectivity index (χ4v) is 3.15. The largest absolute Gasteiger partial charge is 0.481 e. The fourth-order valence-electron chi connectivity index (χ4n) is 1.37. The number of rotatable bonds is 6. The number of nitrogens with zero attached hydrogens (tertiary/aromatic N) is 1. The zero-order valence-electron chi connectivity index (χ0n) is 11.0. The number of nitrogens with one attached hydrogen (secondary N) is 1. The summed E-state index contributed by atoms with van der Waals surface area (Å²) >= 11 is 0. The van der Waals surface area contributed by atoms with Gasteiger partial charge in [0.2, 0.25) is 0 Å². The fraction of sp³-hybridized carbons (Fsp3) is 0.900. The zero-order chi connectivity index (χ0) is 13.9. The quantitative estimate of drug-likeness (QED) is 0.744. The summed E-state index contributed by atoms with van der Waals surface area (Å²) in [6, 6.07) is -0.227. The number of carbonyl (C=O) groups is 1. The molecule has 0 bridgehead atoms. The minimum absolute atomic E-state index is 0.0408. The Bertz CT molecular complexity index is 357. The van der Waals surface area contributed by atoms with Gasteiger partial charge in [-0.15, -0.1) is 0 Å². The van der Waals surface area contributed by atoms with Crippen LogP contribution in [0.3, 0.4) is 0 Å². The maximum atomic E-state index is 12.0. The van der Waals surface area contributed by atoms with Crippen molar-refractivity contribution >= 4 is 16.2 Å². The van der Waals surface area contributed by atoms with Crippen LogP contribution in [-0.2, 0) is 15.0 Å². The third kappa shape index (κ3) is 5.99. The molecule has 0 aliphatic carbocycles. The summed E-state index contributed by atoms with van der Waals surface area (Å²) in [4.78, 5) is 10.5. The first-order valence-corrected chi connectivity index (χ1v) is 6.92. The van der Waals surface area contributed by atoms with Crippen LogP contribution in [0.25, 0.3) is 0 Å². The lowest BCUT2D eigenvalue weighted by Gasteiger charge is -2.34. The molecule has 0 fully saturated rings. The third-order valence-corrected chi connectivity index (χ3v) is 4.03. The second-order valence-corrected chi connectivity index (χ2v) is 6.79. The van der Waals surface area contributed by atoms with E-state index in [0.717, 1.165) is 0 Å². The molecule has 0 spiro atoms. The molecule has 0 aromatic heterocycles. The van der Waals surface area contributed by atoms with E-state index in [1.807, 2.05) is 0 Å². The predicted octanol–water partition coefficient (Wildman–Crippen LogP) is 0.804. The maximum Gasteiger partial charge on any atom is 0.304 e. The molecule has 0 saturated carbocycles. The van der Waals surface area contributed by atoms with E-state index >= 15 is 0 Å². The summed E-state index contributed by atoms with van der Waals surface area (Å²) in [5.41, 5.74) is -0.657. The average molecular weight is 266 g/mol. The summed E-state index contributed by atoms with van der Waals surface area (Å²) < 4.78 is 27.7. The van der Waals surface area contributed by atoms with Gasteiger partial charge in [0.15, 0.2) is 0 Å². The van der Waals surface area contributed by atoms with Crippen molar-refractivity contribution in [1.29, 1.82) is 0 Å². The highest BCUT2D eigenvalue weighted by Crippen LogP contribution is 2.17. The van der Waals surface area contributed by atoms with Gasteiger partial charge in [0.05, 0.1) is 6.42 Å². The predicted molar refractivity (Wildman–Crippen MR) is 65.9 cm³/mol. The Kier molecular flexibility index (Phi) is 5.57. The summed E-state index contributed by atoms with van der Waals surface area (Å²) in [6.07, 6.45) is -0.212. The Morgan fingerprint density at radius 3 is 2.12 bits per heavy atom. The third-order valence-electron chi connectivity index (χ3n) is 1.95. The van der Waals surface area contributed by atoms with Crippen LogP contribution in [-0.4, -0.2) is 41.9 Å². The van der Waals surface area contributed by atoms with Crippen molar-refractivity contribution in [3.05, 3.63) is 0 Å². The highest BCUT2D eigenvalue weighted by Gasteiger charge is 2.33. The van der Waals surface area contributed by atoms with E-state index in [1.165, 1.54) is 4.31 Å². The van der Waals surface area contributed by atoms with E-state index < -0.39 is 21.7 Å². The molecule has 6 nitrogen and oxygen atoms in total. The van der Waals surface area contributed by atoms with Crippen LogP contribution < -0.4 is 4.72 Å². The Morgan fingerprint density at radius 2 is 1.82 bits per heavy atom. The van der Waals surface area contributed by atoms with Crippen LogP contribution in [0.2, 0.25) is 0 Å². The summed E-state index contributed by atoms with van der Waals surface area (Å²) in [7, 11) is -3.66. The molecule has 0 atom stereocenters. The Balaban J connectivity index is 4.99. The van der Waals surface area contributed by atoms with E-state index in [4.69, 9.17) is 5.11 Å². The molecule has 0 unspecified atom stereocenters. The second kappa shape index (κ2) is 5.79. The van der Waals surface area contributed by atoms with Crippen molar-refractivity contribution in [2.24, 2.45) is 0 Å². The van der Waals surface area contributed by atoms with Gasteiger partial charge in [-0.05, 0) is 34.6 Å². The molecule has 0 aliphatic rings.